The molecule has 128 valence electrons. The molecule has 0 saturated carbocycles. The van der Waals surface area contributed by atoms with E-state index in [9.17, 15) is 14.0 Å². The number of carbonyl (C=O) groups is 2. The Hall–Kier alpha value is -2.12. The molecule has 1 aliphatic rings. The lowest BCUT2D eigenvalue weighted by atomic mass is 10.1. The SMILES string of the molecule is COC1CC(CC(=O)O)N(C(=O)c2[nH]c3ccc(F)cc3c2Cl)C1. The van der Waals surface area contributed by atoms with Gasteiger partial charge in [-0.25, -0.2) is 4.39 Å². The van der Waals surface area contributed by atoms with Crippen molar-refractivity contribution in [2.24, 2.45) is 0 Å². The van der Waals surface area contributed by atoms with E-state index in [2.05, 4.69) is 4.98 Å². The molecule has 0 aliphatic carbocycles. The molecule has 1 amide bonds. The van der Waals surface area contributed by atoms with Crippen LogP contribution in [0.3, 0.4) is 0 Å². The van der Waals surface area contributed by atoms with E-state index >= 15 is 0 Å². The molecule has 2 unspecified atom stereocenters. The number of carboxylic acid groups (broad SMARTS) is 1. The van der Waals surface area contributed by atoms with Gasteiger partial charge in [-0.15, -0.1) is 0 Å². The summed E-state index contributed by atoms with van der Waals surface area (Å²) in [7, 11) is 1.52. The number of fused-ring (bicyclic) bond motifs is 1. The number of hydrogen-bond acceptors (Lipinski definition) is 3. The van der Waals surface area contributed by atoms with Crippen molar-refractivity contribution in [3.63, 3.8) is 0 Å². The molecule has 1 fully saturated rings. The molecular weight excluding hydrogens is 339 g/mol. The number of hydrogen-bond donors (Lipinski definition) is 2. The number of nitrogens with zero attached hydrogens (tertiary/aromatic N) is 1. The van der Waals surface area contributed by atoms with Crippen LogP contribution in [0.4, 0.5) is 4.39 Å². The number of amides is 1. The first-order chi connectivity index (χ1) is 11.4. The highest BCUT2D eigenvalue weighted by atomic mass is 35.5. The smallest absolute Gasteiger partial charge is 0.305 e. The van der Waals surface area contributed by atoms with Gasteiger partial charge in [0.25, 0.3) is 5.91 Å². The third-order valence-corrected chi connectivity index (χ3v) is 4.68. The minimum absolute atomic E-state index is 0.129. The largest absolute Gasteiger partial charge is 0.481 e. The number of nitrogens with one attached hydrogen (secondary N) is 1. The highest BCUT2D eigenvalue weighted by molar-refractivity contribution is 6.38. The molecule has 0 radical (unpaired) electrons. The predicted octanol–water partition coefficient (Wildman–Crippen LogP) is 2.66. The number of aliphatic carboxylic acids is 1. The maximum absolute atomic E-state index is 13.4. The molecule has 1 aromatic heterocycles. The topological polar surface area (TPSA) is 82.6 Å². The number of methoxy groups -OCH3 is 1. The fraction of sp³-hybridized carbons (Fsp3) is 0.375. The van der Waals surface area contributed by atoms with Crippen molar-refractivity contribution in [1.82, 2.24) is 9.88 Å². The van der Waals surface area contributed by atoms with Crippen LogP contribution in [0.25, 0.3) is 10.9 Å². The van der Waals surface area contributed by atoms with E-state index < -0.39 is 23.7 Å². The van der Waals surface area contributed by atoms with Crippen LogP contribution in [0.5, 0.6) is 0 Å². The van der Waals surface area contributed by atoms with E-state index in [1.54, 1.807) is 0 Å². The van der Waals surface area contributed by atoms with Gasteiger partial charge in [0.05, 0.1) is 17.5 Å². The molecule has 24 heavy (non-hydrogen) atoms. The van der Waals surface area contributed by atoms with Crippen molar-refractivity contribution in [2.45, 2.75) is 25.0 Å². The quantitative estimate of drug-likeness (QED) is 0.884. The van der Waals surface area contributed by atoms with Crippen LogP contribution in [0.2, 0.25) is 5.02 Å². The van der Waals surface area contributed by atoms with Crippen LogP contribution in [-0.4, -0.2) is 52.7 Å². The number of halogens is 2. The number of carbonyl (C=O) groups excluding carboxylic acids is 1. The summed E-state index contributed by atoms with van der Waals surface area (Å²) in [5, 5.41) is 9.59. The van der Waals surface area contributed by atoms with E-state index in [0.29, 0.717) is 17.3 Å². The van der Waals surface area contributed by atoms with Gasteiger partial charge < -0.3 is 19.7 Å². The average Bonchev–Trinajstić information content (AvgIpc) is 3.08. The fourth-order valence-electron chi connectivity index (χ4n) is 3.11. The van der Waals surface area contributed by atoms with Crippen LogP contribution >= 0.6 is 11.6 Å². The number of ether oxygens (including phenoxy) is 1. The Bertz CT molecular complexity index is 807. The van der Waals surface area contributed by atoms with Crippen LogP contribution < -0.4 is 0 Å². The Labute approximate surface area is 142 Å². The zero-order chi connectivity index (χ0) is 17.4. The van der Waals surface area contributed by atoms with Gasteiger partial charge in [-0.2, -0.15) is 0 Å². The van der Waals surface area contributed by atoms with Crippen molar-refractivity contribution in [2.75, 3.05) is 13.7 Å². The van der Waals surface area contributed by atoms with Crippen molar-refractivity contribution >= 4 is 34.4 Å². The van der Waals surface area contributed by atoms with E-state index in [1.807, 2.05) is 0 Å². The Morgan fingerprint density at radius 2 is 2.25 bits per heavy atom. The second kappa shape index (κ2) is 6.41. The maximum atomic E-state index is 13.4. The summed E-state index contributed by atoms with van der Waals surface area (Å²) in [6.45, 7) is 0.285. The van der Waals surface area contributed by atoms with Gasteiger partial charge in [0.1, 0.15) is 11.5 Å². The molecule has 1 aromatic carbocycles. The molecule has 2 atom stereocenters. The molecule has 1 aliphatic heterocycles. The first-order valence-electron chi connectivity index (χ1n) is 7.43. The average molecular weight is 355 g/mol. The van der Waals surface area contributed by atoms with Crippen molar-refractivity contribution in [3.05, 3.63) is 34.7 Å². The van der Waals surface area contributed by atoms with Gasteiger partial charge >= 0.3 is 5.97 Å². The highest BCUT2D eigenvalue weighted by Gasteiger charge is 2.38. The molecule has 0 bridgehead atoms. The number of aromatic nitrogens is 1. The molecule has 3 rings (SSSR count). The molecule has 8 heteroatoms. The molecule has 2 aromatic rings. The van der Waals surface area contributed by atoms with Gasteiger partial charge in [0, 0.05) is 30.6 Å². The summed E-state index contributed by atoms with van der Waals surface area (Å²) in [5.41, 5.74) is 0.673. The lowest BCUT2D eigenvalue weighted by Gasteiger charge is -2.22. The Kier molecular flexibility index (Phi) is 4.47. The Morgan fingerprint density at radius 3 is 2.92 bits per heavy atom. The minimum Gasteiger partial charge on any atom is -0.481 e. The third kappa shape index (κ3) is 2.97. The maximum Gasteiger partial charge on any atom is 0.305 e. The third-order valence-electron chi connectivity index (χ3n) is 4.29. The summed E-state index contributed by atoms with van der Waals surface area (Å²) >= 11 is 6.23. The van der Waals surface area contributed by atoms with Crippen molar-refractivity contribution in [1.29, 1.82) is 0 Å². The first-order valence-corrected chi connectivity index (χ1v) is 7.80. The van der Waals surface area contributed by atoms with E-state index in [1.165, 1.54) is 30.2 Å². The van der Waals surface area contributed by atoms with Gasteiger partial charge in [0.15, 0.2) is 0 Å². The molecule has 6 nitrogen and oxygen atoms in total. The summed E-state index contributed by atoms with van der Waals surface area (Å²) in [6, 6.07) is 3.55. The van der Waals surface area contributed by atoms with E-state index in [4.69, 9.17) is 21.4 Å². The van der Waals surface area contributed by atoms with Crippen LogP contribution in [0, 0.1) is 5.82 Å². The number of likely N-dealkylation sites (tertiary alicyclic amines) is 1. The standard InChI is InChI=1S/C16H16ClFN2O4/c1-24-10-5-9(6-13(21)22)20(7-10)16(23)15-14(17)11-4-8(18)2-3-12(11)19-15/h2-4,9-10,19H,5-7H2,1H3,(H,21,22). The molecular formula is C16H16ClFN2O4. The van der Waals surface area contributed by atoms with Gasteiger partial charge in [-0.3, -0.25) is 9.59 Å². The molecule has 2 heterocycles. The summed E-state index contributed by atoms with van der Waals surface area (Å²) in [6.07, 6.45) is 0.0536. The normalized spacial score (nSPS) is 20.7. The number of aromatic amines is 1. The van der Waals surface area contributed by atoms with Gasteiger partial charge in [0.2, 0.25) is 0 Å². The zero-order valence-electron chi connectivity index (χ0n) is 12.9. The summed E-state index contributed by atoms with van der Waals surface area (Å²) in [4.78, 5) is 28.2. The Morgan fingerprint density at radius 1 is 1.50 bits per heavy atom. The second-order valence-electron chi connectivity index (χ2n) is 5.81. The molecule has 2 N–H and O–H groups in total. The van der Waals surface area contributed by atoms with E-state index in [0.717, 1.165) is 0 Å². The second-order valence-corrected chi connectivity index (χ2v) is 6.18. The van der Waals surface area contributed by atoms with Crippen LogP contribution in [-0.2, 0) is 9.53 Å². The number of rotatable bonds is 4. The predicted molar refractivity (Wildman–Crippen MR) is 85.8 cm³/mol. The van der Waals surface area contributed by atoms with Crippen molar-refractivity contribution in [3.8, 4) is 0 Å². The highest BCUT2D eigenvalue weighted by Crippen LogP contribution is 2.31. The lowest BCUT2D eigenvalue weighted by molar-refractivity contribution is -0.138. The molecule has 1 saturated heterocycles. The summed E-state index contributed by atoms with van der Waals surface area (Å²) < 4.78 is 18.6. The number of carboxylic acids is 1. The van der Waals surface area contributed by atoms with Gasteiger partial charge in [-0.1, -0.05) is 11.6 Å². The van der Waals surface area contributed by atoms with E-state index in [-0.39, 0.29) is 29.8 Å². The Balaban J connectivity index is 1.95. The van der Waals surface area contributed by atoms with Gasteiger partial charge in [-0.05, 0) is 24.6 Å². The minimum atomic E-state index is -0.987. The van der Waals surface area contributed by atoms with Crippen molar-refractivity contribution < 1.29 is 23.8 Å². The van der Waals surface area contributed by atoms with Crippen LogP contribution in [0.15, 0.2) is 18.2 Å². The fourth-order valence-corrected chi connectivity index (χ4v) is 3.39. The van der Waals surface area contributed by atoms with Crippen LogP contribution in [0.1, 0.15) is 23.3 Å². The lowest BCUT2D eigenvalue weighted by Crippen LogP contribution is -2.37. The number of benzene rings is 1. The number of H-pyrrole nitrogens is 1. The summed E-state index contributed by atoms with van der Waals surface area (Å²) in [5.74, 6) is -1.85. The zero-order valence-corrected chi connectivity index (χ0v) is 13.6. The first kappa shape index (κ1) is 16.7. The molecule has 0 spiro atoms. The monoisotopic (exact) mass is 354 g/mol.